The third-order valence-electron chi connectivity index (χ3n) is 5.33. The highest BCUT2D eigenvalue weighted by atomic mass is 35.5. The highest BCUT2D eigenvalue weighted by Crippen LogP contribution is 2.34. The van der Waals surface area contributed by atoms with E-state index in [4.69, 9.17) is 16.3 Å². The molecule has 0 spiro atoms. The molecule has 1 amide bonds. The molecule has 0 radical (unpaired) electrons. The minimum atomic E-state index is -0.0219. The summed E-state index contributed by atoms with van der Waals surface area (Å²) < 4.78 is 5.27. The van der Waals surface area contributed by atoms with E-state index >= 15 is 0 Å². The third-order valence-corrected chi connectivity index (χ3v) is 5.63. The van der Waals surface area contributed by atoms with Gasteiger partial charge in [-0.2, -0.15) is 0 Å². The zero-order valence-corrected chi connectivity index (χ0v) is 16.8. The van der Waals surface area contributed by atoms with Gasteiger partial charge in [-0.05, 0) is 29.8 Å². The van der Waals surface area contributed by atoms with Crippen LogP contribution in [-0.2, 0) is 4.79 Å². The normalized spacial score (nSPS) is 16.2. The second-order valence-corrected chi connectivity index (χ2v) is 7.28. The second-order valence-electron chi connectivity index (χ2n) is 6.88. The molecular formula is C22H27ClN2O2. The Morgan fingerprint density at radius 2 is 1.78 bits per heavy atom. The van der Waals surface area contributed by atoms with Crippen LogP contribution in [0.3, 0.4) is 0 Å². The predicted octanol–water partition coefficient (Wildman–Crippen LogP) is 4.03. The van der Waals surface area contributed by atoms with E-state index in [9.17, 15) is 4.79 Å². The number of piperazine rings is 1. The SMILES string of the molecule is CCN1CCN(C(=O)CC(c2ccccc2)c2ccc(OC)c(Cl)c2)CC1. The number of ether oxygens (including phenoxy) is 1. The fourth-order valence-electron chi connectivity index (χ4n) is 3.63. The molecule has 1 aliphatic heterocycles. The summed E-state index contributed by atoms with van der Waals surface area (Å²) in [6.07, 6.45) is 0.443. The van der Waals surface area contributed by atoms with E-state index in [1.54, 1.807) is 7.11 Å². The van der Waals surface area contributed by atoms with Crippen LogP contribution < -0.4 is 4.74 Å². The van der Waals surface area contributed by atoms with E-state index in [2.05, 4.69) is 24.0 Å². The van der Waals surface area contributed by atoms with Crippen LogP contribution in [0.15, 0.2) is 48.5 Å². The Balaban J connectivity index is 1.81. The lowest BCUT2D eigenvalue weighted by Crippen LogP contribution is -2.48. The van der Waals surface area contributed by atoms with Crippen molar-refractivity contribution in [2.24, 2.45) is 0 Å². The first-order valence-corrected chi connectivity index (χ1v) is 9.88. The number of halogens is 1. The van der Waals surface area contributed by atoms with Gasteiger partial charge in [0.05, 0.1) is 12.1 Å². The van der Waals surface area contributed by atoms with Crippen LogP contribution in [0.4, 0.5) is 0 Å². The molecule has 0 N–H and O–H groups in total. The van der Waals surface area contributed by atoms with Crippen LogP contribution in [0, 0.1) is 0 Å². The molecule has 27 heavy (non-hydrogen) atoms. The summed E-state index contributed by atoms with van der Waals surface area (Å²) >= 11 is 6.35. The molecule has 0 aliphatic carbocycles. The average Bonchev–Trinajstić information content (AvgIpc) is 2.72. The Morgan fingerprint density at radius 3 is 2.37 bits per heavy atom. The lowest BCUT2D eigenvalue weighted by atomic mass is 9.88. The van der Waals surface area contributed by atoms with Crippen LogP contribution in [0.25, 0.3) is 0 Å². The van der Waals surface area contributed by atoms with Gasteiger partial charge in [0.15, 0.2) is 0 Å². The summed E-state index contributed by atoms with van der Waals surface area (Å²) in [4.78, 5) is 17.4. The first kappa shape index (κ1) is 19.7. The van der Waals surface area contributed by atoms with E-state index in [-0.39, 0.29) is 11.8 Å². The summed E-state index contributed by atoms with van der Waals surface area (Å²) in [5.74, 6) is 0.826. The average molecular weight is 387 g/mol. The van der Waals surface area contributed by atoms with Gasteiger partial charge >= 0.3 is 0 Å². The largest absolute Gasteiger partial charge is 0.495 e. The Hall–Kier alpha value is -2.04. The minimum Gasteiger partial charge on any atom is -0.495 e. The molecule has 3 rings (SSSR count). The third kappa shape index (κ3) is 4.82. The van der Waals surface area contributed by atoms with Crippen molar-refractivity contribution >= 4 is 17.5 Å². The fourth-order valence-corrected chi connectivity index (χ4v) is 3.90. The molecule has 2 aromatic carbocycles. The highest BCUT2D eigenvalue weighted by molar-refractivity contribution is 6.32. The maximum Gasteiger partial charge on any atom is 0.223 e. The van der Waals surface area contributed by atoms with Crippen LogP contribution in [-0.4, -0.2) is 55.5 Å². The summed E-state index contributed by atoms with van der Waals surface area (Å²) in [5, 5.41) is 0.569. The number of likely N-dealkylation sites (N-methyl/N-ethyl adjacent to an activating group) is 1. The number of amides is 1. The van der Waals surface area contributed by atoms with Gasteiger partial charge in [0, 0.05) is 38.5 Å². The number of methoxy groups -OCH3 is 1. The first-order chi connectivity index (χ1) is 13.1. The number of benzene rings is 2. The summed E-state index contributed by atoms with van der Waals surface area (Å²) in [7, 11) is 1.61. The van der Waals surface area contributed by atoms with Gasteiger partial charge in [0.2, 0.25) is 5.91 Å². The van der Waals surface area contributed by atoms with Crippen LogP contribution in [0.2, 0.25) is 5.02 Å². The number of hydrogen-bond acceptors (Lipinski definition) is 3. The van der Waals surface area contributed by atoms with Gasteiger partial charge in [-0.15, -0.1) is 0 Å². The van der Waals surface area contributed by atoms with E-state index in [1.807, 2.05) is 41.3 Å². The Bertz CT molecular complexity index is 758. The lowest BCUT2D eigenvalue weighted by molar-refractivity contribution is -0.133. The van der Waals surface area contributed by atoms with Crippen molar-refractivity contribution < 1.29 is 9.53 Å². The summed E-state index contributed by atoms with van der Waals surface area (Å²) in [5.41, 5.74) is 2.16. The topological polar surface area (TPSA) is 32.8 Å². The van der Waals surface area contributed by atoms with Crippen LogP contribution in [0.1, 0.15) is 30.4 Å². The van der Waals surface area contributed by atoms with Gasteiger partial charge in [0.1, 0.15) is 5.75 Å². The zero-order valence-electron chi connectivity index (χ0n) is 16.0. The van der Waals surface area contributed by atoms with E-state index in [0.29, 0.717) is 17.2 Å². The maximum absolute atomic E-state index is 13.0. The molecule has 1 saturated heterocycles. The molecule has 2 aromatic rings. The van der Waals surface area contributed by atoms with Crippen molar-refractivity contribution in [2.75, 3.05) is 39.8 Å². The number of carbonyl (C=O) groups excluding carboxylic acids is 1. The van der Waals surface area contributed by atoms with Gasteiger partial charge < -0.3 is 14.5 Å². The summed E-state index contributed by atoms with van der Waals surface area (Å²) in [6.45, 7) is 6.71. The van der Waals surface area contributed by atoms with Gasteiger partial charge in [-0.25, -0.2) is 0 Å². The van der Waals surface area contributed by atoms with Crippen molar-refractivity contribution in [1.82, 2.24) is 9.80 Å². The molecule has 4 nitrogen and oxygen atoms in total. The van der Waals surface area contributed by atoms with E-state index < -0.39 is 0 Å². The molecule has 1 heterocycles. The van der Waals surface area contributed by atoms with Gasteiger partial charge in [-0.1, -0.05) is 54.9 Å². The lowest BCUT2D eigenvalue weighted by Gasteiger charge is -2.35. The fraction of sp³-hybridized carbons (Fsp3) is 0.409. The molecule has 0 bridgehead atoms. The summed E-state index contributed by atoms with van der Waals surface area (Å²) in [6, 6.07) is 16.0. The zero-order chi connectivity index (χ0) is 19.2. The molecule has 0 aromatic heterocycles. The van der Waals surface area contributed by atoms with Crippen molar-refractivity contribution in [3.8, 4) is 5.75 Å². The van der Waals surface area contributed by atoms with Crippen LogP contribution in [0.5, 0.6) is 5.75 Å². The Morgan fingerprint density at radius 1 is 1.07 bits per heavy atom. The van der Waals surface area contributed by atoms with Gasteiger partial charge in [0.25, 0.3) is 0 Å². The molecule has 5 heteroatoms. The first-order valence-electron chi connectivity index (χ1n) is 9.51. The molecule has 0 saturated carbocycles. The predicted molar refractivity (Wildman–Crippen MR) is 110 cm³/mol. The van der Waals surface area contributed by atoms with Crippen molar-refractivity contribution in [3.63, 3.8) is 0 Å². The van der Waals surface area contributed by atoms with Crippen LogP contribution >= 0.6 is 11.6 Å². The van der Waals surface area contributed by atoms with Crippen molar-refractivity contribution in [1.29, 1.82) is 0 Å². The minimum absolute atomic E-state index is 0.0219. The highest BCUT2D eigenvalue weighted by Gasteiger charge is 2.25. The number of rotatable bonds is 6. The number of carbonyl (C=O) groups is 1. The molecule has 144 valence electrons. The maximum atomic E-state index is 13.0. The molecule has 1 atom stereocenters. The quantitative estimate of drug-likeness (QED) is 0.751. The molecule has 1 aliphatic rings. The van der Waals surface area contributed by atoms with E-state index in [1.165, 1.54) is 0 Å². The van der Waals surface area contributed by atoms with Gasteiger partial charge in [-0.3, -0.25) is 4.79 Å². The van der Waals surface area contributed by atoms with E-state index in [0.717, 1.165) is 43.9 Å². The van der Waals surface area contributed by atoms with Crippen molar-refractivity contribution in [2.45, 2.75) is 19.3 Å². The molecular weight excluding hydrogens is 360 g/mol. The number of hydrogen-bond donors (Lipinski definition) is 0. The smallest absolute Gasteiger partial charge is 0.223 e. The monoisotopic (exact) mass is 386 g/mol. The molecule has 1 fully saturated rings. The molecule has 1 unspecified atom stereocenters. The Kier molecular flexibility index (Phi) is 6.75. The second kappa shape index (κ2) is 9.25. The van der Waals surface area contributed by atoms with Crippen molar-refractivity contribution in [3.05, 3.63) is 64.7 Å². The Labute approximate surface area is 166 Å². The standard InChI is InChI=1S/C22H27ClN2O2/c1-3-24-11-13-25(14-12-24)22(26)16-19(17-7-5-4-6-8-17)18-9-10-21(27-2)20(23)15-18/h4-10,15,19H,3,11-14,16H2,1-2H3. The number of nitrogens with zero attached hydrogens (tertiary/aromatic N) is 2.